The number of halogens is 1. The number of benzene rings is 1. The van der Waals surface area contributed by atoms with Gasteiger partial charge in [-0.2, -0.15) is 5.10 Å². The molecular weight excluding hydrogens is 493 g/mol. The second-order valence-corrected chi connectivity index (χ2v) is 11.4. The van der Waals surface area contributed by atoms with Crippen LogP contribution in [0.15, 0.2) is 18.5 Å². The van der Waals surface area contributed by atoms with Gasteiger partial charge in [-0.25, -0.2) is 9.37 Å². The van der Waals surface area contributed by atoms with Crippen LogP contribution < -0.4 is 11.1 Å². The summed E-state index contributed by atoms with van der Waals surface area (Å²) in [7, 11) is 1.77. The number of carbonyl (C=O) groups is 1. The van der Waals surface area contributed by atoms with Crippen LogP contribution >= 0.6 is 0 Å². The van der Waals surface area contributed by atoms with Crippen LogP contribution in [0, 0.1) is 30.0 Å². The molecular formula is C25H27FN7O3Si. The molecule has 1 aliphatic carbocycles. The molecule has 1 unspecified atom stereocenters. The number of aliphatic hydroxyl groups is 1. The Kier molecular flexibility index (Phi) is 6.75. The minimum absolute atomic E-state index is 0.110. The quantitative estimate of drug-likeness (QED) is 0.313. The number of methoxy groups -OCH3 is 1. The number of terminal acetylenes is 1. The van der Waals surface area contributed by atoms with Gasteiger partial charge in [0.2, 0.25) is 8.96 Å². The third-order valence-electron chi connectivity index (χ3n) is 6.72. The van der Waals surface area contributed by atoms with Gasteiger partial charge in [-0.15, -0.1) is 6.42 Å². The van der Waals surface area contributed by atoms with Crippen molar-refractivity contribution in [2.45, 2.75) is 37.2 Å². The molecule has 2 aliphatic rings. The fraction of sp³-hybridized carbons (Fsp3) is 0.400. The zero-order chi connectivity index (χ0) is 26.3. The average molecular weight is 521 g/mol. The van der Waals surface area contributed by atoms with Crippen molar-refractivity contribution in [3.8, 4) is 24.2 Å². The highest BCUT2D eigenvalue weighted by molar-refractivity contribution is 6.58. The topological polar surface area (TPSA) is 123 Å². The number of aromatic nitrogens is 4. The molecule has 1 saturated heterocycles. The van der Waals surface area contributed by atoms with Crippen molar-refractivity contribution < 1.29 is 19.0 Å². The summed E-state index contributed by atoms with van der Waals surface area (Å²) in [6.45, 7) is 0.386. The molecule has 37 heavy (non-hydrogen) atoms. The Morgan fingerprint density at radius 1 is 1.43 bits per heavy atom. The summed E-state index contributed by atoms with van der Waals surface area (Å²) in [5, 5.41) is 17.9. The van der Waals surface area contributed by atoms with Gasteiger partial charge in [0.25, 0.3) is 5.91 Å². The molecule has 2 atom stereocenters. The first-order valence-electron chi connectivity index (χ1n) is 11.9. The highest BCUT2D eigenvalue weighted by Gasteiger charge is 2.40. The SMILES string of the molecule is C#CC(O)N1C[Si](n2nc(C#Cc3cc4ncn(C5CC5)c4cc3F)c(C(N)=O)c2NC)C[C@@H]1COC. The predicted octanol–water partition coefficient (Wildman–Crippen LogP) is 0.908. The van der Waals surface area contributed by atoms with E-state index in [0.717, 1.165) is 18.4 Å². The van der Waals surface area contributed by atoms with E-state index >= 15 is 0 Å². The van der Waals surface area contributed by atoms with Crippen LogP contribution in [0.2, 0.25) is 6.04 Å². The number of aliphatic hydroxyl groups excluding tert-OH is 1. The number of amides is 1. The molecule has 5 rings (SSSR count). The lowest BCUT2D eigenvalue weighted by atomic mass is 10.1. The Labute approximate surface area is 215 Å². The van der Waals surface area contributed by atoms with Crippen LogP contribution in [-0.2, 0) is 4.74 Å². The Hall–Kier alpha value is -3.68. The normalized spacial score (nSPS) is 18.9. The first-order valence-corrected chi connectivity index (χ1v) is 13.7. The number of carbonyl (C=O) groups excluding carboxylic acids is 1. The first kappa shape index (κ1) is 25.0. The summed E-state index contributed by atoms with van der Waals surface area (Å²) in [5.74, 6) is 7.29. The van der Waals surface area contributed by atoms with E-state index < -0.39 is 26.9 Å². The van der Waals surface area contributed by atoms with Gasteiger partial charge in [-0.1, -0.05) is 11.8 Å². The maximum Gasteiger partial charge on any atom is 0.255 e. The van der Waals surface area contributed by atoms with Gasteiger partial charge in [0, 0.05) is 38.5 Å². The highest BCUT2D eigenvalue weighted by Crippen LogP contribution is 2.37. The molecule has 1 saturated carbocycles. The van der Waals surface area contributed by atoms with Gasteiger partial charge in [-0.05, 0) is 30.9 Å². The smallest absolute Gasteiger partial charge is 0.255 e. The second-order valence-electron chi connectivity index (χ2n) is 9.14. The third kappa shape index (κ3) is 4.60. The molecule has 4 N–H and O–H groups in total. The number of imidazole rings is 1. The number of nitrogens with two attached hydrogens (primary N) is 1. The molecule has 3 aromatic rings. The Balaban J connectivity index is 1.51. The lowest BCUT2D eigenvalue weighted by Gasteiger charge is -2.25. The molecule has 2 aromatic heterocycles. The van der Waals surface area contributed by atoms with Crippen molar-refractivity contribution >= 4 is 31.7 Å². The minimum Gasteiger partial charge on any atom is -0.383 e. The molecule has 0 bridgehead atoms. The van der Waals surface area contributed by atoms with Crippen molar-refractivity contribution in [2.24, 2.45) is 5.73 Å². The monoisotopic (exact) mass is 520 g/mol. The van der Waals surface area contributed by atoms with Crippen LogP contribution in [0.3, 0.4) is 0 Å². The number of hydrogen-bond donors (Lipinski definition) is 3. The molecule has 1 aromatic carbocycles. The summed E-state index contributed by atoms with van der Waals surface area (Å²) in [5.41, 5.74) is 7.54. The predicted molar refractivity (Wildman–Crippen MR) is 137 cm³/mol. The van der Waals surface area contributed by atoms with Gasteiger partial charge in [-0.3, -0.25) is 14.0 Å². The molecule has 1 amide bonds. The second kappa shape index (κ2) is 9.99. The summed E-state index contributed by atoms with van der Waals surface area (Å²) < 4.78 is 24.0. The fourth-order valence-electron chi connectivity index (χ4n) is 4.79. The van der Waals surface area contributed by atoms with Gasteiger partial charge < -0.3 is 25.5 Å². The van der Waals surface area contributed by atoms with E-state index in [-0.39, 0.29) is 22.9 Å². The molecule has 12 heteroatoms. The van der Waals surface area contributed by atoms with Gasteiger partial charge >= 0.3 is 0 Å². The number of fused-ring (bicyclic) bond motifs is 1. The van der Waals surface area contributed by atoms with E-state index in [1.165, 1.54) is 6.07 Å². The average Bonchev–Trinajstić information content (AvgIpc) is 3.33. The van der Waals surface area contributed by atoms with Gasteiger partial charge in [0.1, 0.15) is 22.9 Å². The zero-order valence-electron chi connectivity index (χ0n) is 20.5. The van der Waals surface area contributed by atoms with Crippen molar-refractivity contribution in [3.05, 3.63) is 41.1 Å². The van der Waals surface area contributed by atoms with Gasteiger partial charge in [0.15, 0.2) is 6.23 Å². The van der Waals surface area contributed by atoms with Crippen molar-refractivity contribution in [1.29, 1.82) is 0 Å². The number of ether oxygens (including phenoxy) is 1. The van der Waals surface area contributed by atoms with Crippen LogP contribution in [0.1, 0.15) is 40.5 Å². The minimum atomic E-state index is -1.49. The Morgan fingerprint density at radius 2 is 2.22 bits per heavy atom. The number of anilines is 1. The zero-order valence-corrected chi connectivity index (χ0v) is 21.5. The lowest BCUT2D eigenvalue weighted by Crippen LogP contribution is -2.41. The number of hydrogen-bond acceptors (Lipinski definition) is 7. The maximum absolute atomic E-state index is 15.0. The largest absolute Gasteiger partial charge is 0.383 e. The highest BCUT2D eigenvalue weighted by atomic mass is 28.3. The van der Waals surface area contributed by atoms with E-state index in [4.69, 9.17) is 16.9 Å². The van der Waals surface area contributed by atoms with Crippen LogP contribution in [0.5, 0.6) is 0 Å². The van der Waals surface area contributed by atoms with E-state index in [9.17, 15) is 14.3 Å². The molecule has 1 radical (unpaired) electrons. The summed E-state index contributed by atoms with van der Waals surface area (Å²) in [6, 6.07) is 3.98. The Morgan fingerprint density at radius 3 is 2.86 bits per heavy atom. The summed E-state index contributed by atoms with van der Waals surface area (Å²) in [6.07, 6.45) is 8.73. The Bertz CT molecular complexity index is 1460. The first-order chi connectivity index (χ1) is 17.9. The van der Waals surface area contributed by atoms with E-state index in [1.807, 2.05) is 4.57 Å². The summed E-state index contributed by atoms with van der Waals surface area (Å²) in [4.78, 5) is 18.6. The third-order valence-corrected chi connectivity index (χ3v) is 9.31. The summed E-state index contributed by atoms with van der Waals surface area (Å²) >= 11 is 0. The molecule has 2 fully saturated rings. The van der Waals surface area contributed by atoms with Gasteiger partial charge in [0.05, 0.1) is 29.5 Å². The number of rotatable bonds is 7. The molecule has 1 aliphatic heterocycles. The number of nitrogens with zero attached hydrogens (tertiary/aromatic N) is 5. The molecule has 0 spiro atoms. The van der Waals surface area contributed by atoms with E-state index in [0.29, 0.717) is 36.2 Å². The standard InChI is InChI=1S/C25H27FN7O3Si/c1-4-22(34)32-14-37(12-17(32)11-36-3)33-25(28-2)23(24(27)35)19(30-33)8-5-15-9-20-21(10-18(15)26)31(13-29-20)16-6-7-16/h1,9-10,13,16-17,22,28,34H,6-7,11-12,14H2,2-3H3,(H2,27,35)/t17-,22?/m0/s1. The van der Waals surface area contributed by atoms with Crippen LogP contribution in [0.25, 0.3) is 11.0 Å². The van der Waals surface area contributed by atoms with Crippen molar-refractivity contribution in [1.82, 2.24) is 23.9 Å². The fourth-order valence-corrected chi connectivity index (χ4v) is 7.76. The molecule has 191 valence electrons. The number of primary amides is 1. The molecule has 3 heterocycles. The van der Waals surface area contributed by atoms with Crippen molar-refractivity contribution in [2.75, 3.05) is 32.2 Å². The van der Waals surface area contributed by atoms with E-state index in [1.54, 1.807) is 35.8 Å². The van der Waals surface area contributed by atoms with Crippen molar-refractivity contribution in [3.63, 3.8) is 0 Å². The van der Waals surface area contributed by atoms with Crippen LogP contribution in [0.4, 0.5) is 10.2 Å². The molecule has 10 nitrogen and oxygen atoms in total. The lowest BCUT2D eigenvalue weighted by molar-refractivity contribution is 0.0162. The number of nitrogens with one attached hydrogen (secondary N) is 1. The van der Waals surface area contributed by atoms with Crippen LogP contribution in [-0.4, -0.2) is 83.1 Å². The maximum atomic E-state index is 15.0. The van der Waals surface area contributed by atoms with E-state index in [2.05, 4.69) is 33.2 Å².